The van der Waals surface area contributed by atoms with Crippen LogP contribution in [-0.2, 0) is 4.79 Å². The maximum atomic E-state index is 11.1. The number of benzene rings is 1. The zero-order chi connectivity index (χ0) is 13.9. The van der Waals surface area contributed by atoms with Crippen LogP contribution in [0, 0.1) is 5.92 Å². The van der Waals surface area contributed by atoms with Gasteiger partial charge < -0.3 is 14.4 Å². The average molecular weight is 271 g/mol. The minimum absolute atomic E-state index is 0.256. The molecule has 1 aromatic carbocycles. The van der Waals surface area contributed by atoms with E-state index >= 15 is 0 Å². The van der Waals surface area contributed by atoms with E-state index in [1.54, 1.807) is 6.26 Å². The standard InChI is InChI=1S/C16H17NO3/c18-16(19)13-3-1-9-17(11-13)14-7-5-12(6-8-14)15-4-2-10-20-15/h2,4-8,10,13H,1,3,9,11H2,(H,18,19). The maximum absolute atomic E-state index is 11.1. The molecular formula is C16H17NO3. The van der Waals surface area contributed by atoms with E-state index in [0.717, 1.165) is 36.4 Å². The molecule has 4 heteroatoms. The predicted octanol–water partition coefficient (Wildman–Crippen LogP) is 3.25. The van der Waals surface area contributed by atoms with Crippen molar-refractivity contribution in [1.82, 2.24) is 0 Å². The van der Waals surface area contributed by atoms with Gasteiger partial charge in [-0.3, -0.25) is 4.79 Å². The molecule has 3 rings (SSSR count). The van der Waals surface area contributed by atoms with Crippen molar-refractivity contribution >= 4 is 11.7 Å². The highest BCUT2D eigenvalue weighted by atomic mass is 16.4. The van der Waals surface area contributed by atoms with E-state index in [2.05, 4.69) is 4.90 Å². The molecule has 4 nitrogen and oxygen atoms in total. The number of aliphatic carboxylic acids is 1. The van der Waals surface area contributed by atoms with E-state index < -0.39 is 5.97 Å². The van der Waals surface area contributed by atoms with Crippen LogP contribution in [0.4, 0.5) is 5.69 Å². The van der Waals surface area contributed by atoms with Gasteiger partial charge in [-0.2, -0.15) is 0 Å². The Morgan fingerprint density at radius 3 is 2.70 bits per heavy atom. The second kappa shape index (κ2) is 5.41. The Hall–Kier alpha value is -2.23. The van der Waals surface area contributed by atoms with Crippen LogP contribution in [0.2, 0.25) is 0 Å². The van der Waals surface area contributed by atoms with Gasteiger partial charge in [0.15, 0.2) is 0 Å². The first-order chi connectivity index (χ1) is 9.74. The third-order valence-corrected chi connectivity index (χ3v) is 3.81. The summed E-state index contributed by atoms with van der Waals surface area (Å²) >= 11 is 0. The van der Waals surface area contributed by atoms with Crippen LogP contribution in [0.15, 0.2) is 47.1 Å². The van der Waals surface area contributed by atoms with E-state index in [-0.39, 0.29) is 5.92 Å². The van der Waals surface area contributed by atoms with Crippen molar-refractivity contribution in [2.45, 2.75) is 12.8 Å². The fourth-order valence-corrected chi connectivity index (χ4v) is 2.69. The molecule has 1 aliphatic rings. The molecule has 104 valence electrons. The van der Waals surface area contributed by atoms with Crippen molar-refractivity contribution in [3.05, 3.63) is 42.7 Å². The van der Waals surface area contributed by atoms with Crippen LogP contribution in [0.25, 0.3) is 11.3 Å². The molecule has 2 aromatic rings. The molecule has 1 atom stereocenters. The fraction of sp³-hybridized carbons (Fsp3) is 0.312. The van der Waals surface area contributed by atoms with Gasteiger partial charge in [-0.15, -0.1) is 0 Å². The van der Waals surface area contributed by atoms with Gasteiger partial charge in [0.2, 0.25) is 0 Å². The van der Waals surface area contributed by atoms with E-state index in [1.807, 2.05) is 36.4 Å². The van der Waals surface area contributed by atoms with Gasteiger partial charge >= 0.3 is 5.97 Å². The zero-order valence-electron chi connectivity index (χ0n) is 11.2. The monoisotopic (exact) mass is 271 g/mol. The molecule has 0 radical (unpaired) electrons. The molecule has 1 N–H and O–H groups in total. The summed E-state index contributed by atoms with van der Waals surface area (Å²) < 4.78 is 5.36. The first kappa shape index (κ1) is 12.8. The molecule has 0 saturated carbocycles. The molecule has 1 aliphatic heterocycles. The highest BCUT2D eigenvalue weighted by molar-refractivity contribution is 5.71. The lowest BCUT2D eigenvalue weighted by molar-refractivity contribution is -0.141. The molecular weight excluding hydrogens is 254 g/mol. The maximum Gasteiger partial charge on any atom is 0.308 e. The number of carbonyl (C=O) groups is 1. The first-order valence-electron chi connectivity index (χ1n) is 6.86. The van der Waals surface area contributed by atoms with E-state index in [4.69, 9.17) is 9.52 Å². The van der Waals surface area contributed by atoms with Crippen molar-refractivity contribution in [1.29, 1.82) is 0 Å². The average Bonchev–Trinajstić information content (AvgIpc) is 3.02. The Morgan fingerprint density at radius 1 is 1.25 bits per heavy atom. The van der Waals surface area contributed by atoms with Crippen molar-refractivity contribution in [3.63, 3.8) is 0 Å². The number of anilines is 1. The summed E-state index contributed by atoms with van der Waals surface area (Å²) in [5.41, 5.74) is 2.11. The second-order valence-electron chi connectivity index (χ2n) is 5.15. The Labute approximate surface area is 117 Å². The summed E-state index contributed by atoms with van der Waals surface area (Å²) in [6.07, 6.45) is 3.36. The van der Waals surface area contributed by atoms with E-state index in [0.29, 0.717) is 6.54 Å². The molecule has 0 spiro atoms. The van der Waals surface area contributed by atoms with Gasteiger partial charge in [0, 0.05) is 24.3 Å². The molecule has 1 fully saturated rings. The van der Waals surface area contributed by atoms with Crippen molar-refractivity contribution in [3.8, 4) is 11.3 Å². The molecule has 0 bridgehead atoms. The van der Waals surface area contributed by atoms with Crippen molar-refractivity contribution in [2.24, 2.45) is 5.92 Å². The minimum atomic E-state index is -0.693. The van der Waals surface area contributed by atoms with Crippen LogP contribution < -0.4 is 4.90 Å². The summed E-state index contributed by atoms with van der Waals surface area (Å²) in [5, 5.41) is 9.13. The molecule has 0 aliphatic carbocycles. The second-order valence-corrected chi connectivity index (χ2v) is 5.15. The number of piperidine rings is 1. The number of carboxylic acid groups (broad SMARTS) is 1. The largest absolute Gasteiger partial charge is 0.481 e. The lowest BCUT2D eigenvalue weighted by Crippen LogP contribution is -2.38. The van der Waals surface area contributed by atoms with Gasteiger partial charge in [0.05, 0.1) is 12.2 Å². The van der Waals surface area contributed by atoms with Crippen LogP contribution in [-0.4, -0.2) is 24.2 Å². The Bertz CT molecular complexity index is 574. The molecule has 2 heterocycles. The fourth-order valence-electron chi connectivity index (χ4n) is 2.69. The highest BCUT2D eigenvalue weighted by Gasteiger charge is 2.25. The van der Waals surface area contributed by atoms with Gasteiger partial charge in [-0.05, 0) is 49.2 Å². The van der Waals surface area contributed by atoms with Crippen LogP contribution in [0.3, 0.4) is 0 Å². The molecule has 1 aromatic heterocycles. The summed E-state index contributed by atoms with van der Waals surface area (Å²) in [7, 11) is 0. The first-order valence-corrected chi connectivity index (χ1v) is 6.86. The number of carboxylic acids is 1. The Balaban J connectivity index is 1.76. The number of furan rings is 1. The van der Waals surface area contributed by atoms with Gasteiger partial charge in [-0.25, -0.2) is 0 Å². The number of rotatable bonds is 3. The highest BCUT2D eigenvalue weighted by Crippen LogP contribution is 2.26. The lowest BCUT2D eigenvalue weighted by Gasteiger charge is -2.32. The van der Waals surface area contributed by atoms with E-state index in [1.165, 1.54) is 0 Å². The third kappa shape index (κ3) is 2.54. The summed E-state index contributed by atoms with van der Waals surface area (Å²) in [6, 6.07) is 11.9. The normalized spacial score (nSPS) is 19.0. The van der Waals surface area contributed by atoms with E-state index in [9.17, 15) is 4.79 Å². The van der Waals surface area contributed by atoms with Gasteiger partial charge in [0.1, 0.15) is 5.76 Å². The van der Waals surface area contributed by atoms with Crippen LogP contribution in [0.1, 0.15) is 12.8 Å². The zero-order valence-corrected chi connectivity index (χ0v) is 11.2. The Kier molecular flexibility index (Phi) is 3.46. The minimum Gasteiger partial charge on any atom is -0.481 e. The topological polar surface area (TPSA) is 53.7 Å². The molecule has 20 heavy (non-hydrogen) atoms. The number of hydrogen-bond donors (Lipinski definition) is 1. The number of hydrogen-bond acceptors (Lipinski definition) is 3. The summed E-state index contributed by atoms with van der Waals surface area (Å²) in [5.74, 6) is -0.103. The molecule has 0 amide bonds. The third-order valence-electron chi connectivity index (χ3n) is 3.81. The van der Waals surface area contributed by atoms with Crippen molar-refractivity contribution < 1.29 is 14.3 Å². The smallest absolute Gasteiger partial charge is 0.308 e. The van der Waals surface area contributed by atoms with Gasteiger partial charge in [0.25, 0.3) is 0 Å². The molecule has 1 saturated heterocycles. The Morgan fingerprint density at radius 2 is 2.05 bits per heavy atom. The predicted molar refractivity (Wildman–Crippen MR) is 76.7 cm³/mol. The van der Waals surface area contributed by atoms with Gasteiger partial charge in [-0.1, -0.05) is 0 Å². The van der Waals surface area contributed by atoms with Crippen molar-refractivity contribution in [2.75, 3.05) is 18.0 Å². The SMILES string of the molecule is O=C(O)C1CCCN(c2ccc(-c3ccco3)cc2)C1. The lowest BCUT2D eigenvalue weighted by atomic mass is 9.97. The quantitative estimate of drug-likeness (QED) is 0.931. The van der Waals surface area contributed by atoms with Crippen LogP contribution >= 0.6 is 0 Å². The number of nitrogens with zero attached hydrogens (tertiary/aromatic N) is 1. The van der Waals surface area contributed by atoms with Crippen LogP contribution in [0.5, 0.6) is 0 Å². The molecule has 1 unspecified atom stereocenters. The summed E-state index contributed by atoms with van der Waals surface area (Å²) in [6.45, 7) is 1.51. The summed E-state index contributed by atoms with van der Waals surface area (Å²) in [4.78, 5) is 13.2.